The van der Waals surface area contributed by atoms with Gasteiger partial charge in [-0.3, -0.25) is 4.68 Å². The van der Waals surface area contributed by atoms with E-state index in [2.05, 4.69) is 20.5 Å². The van der Waals surface area contributed by atoms with E-state index in [1.165, 1.54) is 23.0 Å². The lowest BCUT2D eigenvalue weighted by molar-refractivity contribution is -0.137. The van der Waals surface area contributed by atoms with Gasteiger partial charge < -0.3 is 15.4 Å². The number of aromatic nitrogens is 2. The number of rotatable bonds is 6. The molecule has 5 nitrogen and oxygen atoms in total. The number of ether oxygens (including phenoxy) is 1. The molecule has 1 heterocycles. The zero-order chi connectivity index (χ0) is 22.6. The molecule has 0 aliphatic rings. The van der Waals surface area contributed by atoms with E-state index in [1.807, 2.05) is 0 Å². The largest absolute Gasteiger partial charge is 0.433 e. The first-order chi connectivity index (χ1) is 14.6. The fourth-order valence-electron chi connectivity index (χ4n) is 2.76. The van der Waals surface area contributed by atoms with E-state index >= 15 is 0 Å². The van der Waals surface area contributed by atoms with Crippen LogP contribution < -0.4 is 15.4 Å². The fraction of sp³-hybridized carbons (Fsp3) is 0.200. The van der Waals surface area contributed by atoms with Crippen molar-refractivity contribution < 1.29 is 26.7 Å². The molecule has 0 unspecified atom stereocenters. The number of halogens is 5. The van der Waals surface area contributed by atoms with E-state index in [0.29, 0.717) is 11.3 Å². The van der Waals surface area contributed by atoms with E-state index in [4.69, 9.17) is 12.2 Å². The van der Waals surface area contributed by atoms with Gasteiger partial charge in [0.1, 0.15) is 5.75 Å². The summed E-state index contributed by atoms with van der Waals surface area (Å²) in [6, 6.07) is 9.67. The molecular formula is C20H17F5N4OS. The van der Waals surface area contributed by atoms with Gasteiger partial charge in [-0.1, -0.05) is 18.2 Å². The van der Waals surface area contributed by atoms with Crippen molar-refractivity contribution in [1.82, 2.24) is 9.78 Å². The van der Waals surface area contributed by atoms with Crippen LogP contribution in [0, 0.1) is 6.92 Å². The lowest BCUT2D eigenvalue weighted by Crippen LogP contribution is -2.19. The van der Waals surface area contributed by atoms with Gasteiger partial charge in [0.05, 0.1) is 29.7 Å². The second-order valence-corrected chi connectivity index (χ2v) is 6.99. The van der Waals surface area contributed by atoms with E-state index in [0.717, 1.165) is 17.7 Å². The molecule has 0 aliphatic carbocycles. The molecule has 0 saturated heterocycles. The molecule has 2 aromatic carbocycles. The summed E-state index contributed by atoms with van der Waals surface area (Å²) >= 11 is 5.19. The number of nitrogens with zero attached hydrogens (tertiary/aromatic N) is 2. The average Bonchev–Trinajstić information content (AvgIpc) is 3.09. The summed E-state index contributed by atoms with van der Waals surface area (Å²) < 4.78 is 69.7. The minimum atomic E-state index is -4.42. The first-order valence-electron chi connectivity index (χ1n) is 8.92. The number of hydrogen-bond donors (Lipinski definition) is 2. The Labute approximate surface area is 179 Å². The highest BCUT2D eigenvalue weighted by molar-refractivity contribution is 7.80. The van der Waals surface area contributed by atoms with Crippen LogP contribution in [0.2, 0.25) is 0 Å². The minimum Gasteiger partial charge on any atom is -0.433 e. The molecule has 0 atom stereocenters. The summed E-state index contributed by atoms with van der Waals surface area (Å²) in [7, 11) is 0. The molecule has 31 heavy (non-hydrogen) atoms. The van der Waals surface area contributed by atoms with Crippen LogP contribution in [-0.4, -0.2) is 21.5 Å². The summed E-state index contributed by atoms with van der Waals surface area (Å²) in [4.78, 5) is 0. The maximum atomic E-state index is 12.8. The Hall–Kier alpha value is -3.21. The molecule has 0 aliphatic heterocycles. The quantitative estimate of drug-likeness (QED) is 0.370. The van der Waals surface area contributed by atoms with E-state index < -0.39 is 18.4 Å². The van der Waals surface area contributed by atoms with Gasteiger partial charge in [-0.2, -0.15) is 27.1 Å². The Morgan fingerprint density at radius 2 is 1.94 bits per heavy atom. The van der Waals surface area contributed by atoms with Gasteiger partial charge >= 0.3 is 12.8 Å². The third-order valence-electron chi connectivity index (χ3n) is 4.09. The first-order valence-corrected chi connectivity index (χ1v) is 9.33. The second-order valence-electron chi connectivity index (χ2n) is 6.58. The Morgan fingerprint density at radius 1 is 1.16 bits per heavy atom. The van der Waals surface area contributed by atoms with Crippen molar-refractivity contribution in [2.45, 2.75) is 26.3 Å². The number of benzene rings is 2. The van der Waals surface area contributed by atoms with Crippen molar-refractivity contribution in [1.29, 1.82) is 0 Å². The summed E-state index contributed by atoms with van der Waals surface area (Å²) in [5.74, 6) is -0.0561. The molecule has 2 N–H and O–H groups in total. The highest BCUT2D eigenvalue weighted by Crippen LogP contribution is 2.30. The Balaban J connectivity index is 1.65. The normalized spacial score (nSPS) is 11.5. The predicted octanol–water partition coefficient (Wildman–Crippen LogP) is 5.67. The van der Waals surface area contributed by atoms with Crippen molar-refractivity contribution >= 4 is 28.7 Å². The Bertz CT molecular complexity index is 1070. The van der Waals surface area contributed by atoms with Crippen molar-refractivity contribution in [2.24, 2.45) is 0 Å². The van der Waals surface area contributed by atoms with Crippen molar-refractivity contribution in [3.63, 3.8) is 0 Å². The van der Waals surface area contributed by atoms with Gasteiger partial charge in [-0.25, -0.2) is 0 Å². The molecule has 0 amide bonds. The van der Waals surface area contributed by atoms with Crippen LogP contribution in [0.5, 0.6) is 5.75 Å². The highest BCUT2D eigenvalue weighted by Gasteiger charge is 2.30. The maximum absolute atomic E-state index is 12.8. The van der Waals surface area contributed by atoms with E-state index in [-0.39, 0.29) is 23.1 Å². The standard InChI is InChI=1S/C20H17F5N4OS/c1-12-5-6-16(17(7-12)30-18(21)22)28-19(31)27-15-9-26-29(11-15)10-13-3-2-4-14(8-13)20(23,24)25/h2-9,11,18H,10H2,1H3,(H2,27,28,31). The number of aryl methyl sites for hydroxylation is 1. The maximum Gasteiger partial charge on any atom is 0.416 e. The number of nitrogens with one attached hydrogen (secondary N) is 2. The van der Waals surface area contributed by atoms with Gasteiger partial charge in [0, 0.05) is 6.20 Å². The molecule has 11 heteroatoms. The Kier molecular flexibility index (Phi) is 6.74. The molecule has 0 bridgehead atoms. The predicted molar refractivity (Wildman–Crippen MR) is 110 cm³/mol. The molecule has 0 radical (unpaired) electrons. The molecule has 1 aromatic heterocycles. The summed E-state index contributed by atoms with van der Waals surface area (Å²) in [5, 5.41) is 9.81. The zero-order valence-electron chi connectivity index (χ0n) is 16.1. The van der Waals surface area contributed by atoms with Gasteiger partial charge in [0.2, 0.25) is 0 Å². The summed E-state index contributed by atoms with van der Waals surface area (Å²) in [6.45, 7) is -1.13. The molecule has 0 spiro atoms. The van der Waals surface area contributed by atoms with Crippen LogP contribution in [0.15, 0.2) is 54.9 Å². The van der Waals surface area contributed by atoms with Crippen molar-refractivity contribution in [3.05, 3.63) is 71.5 Å². The van der Waals surface area contributed by atoms with Gasteiger partial charge in [0.15, 0.2) is 5.11 Å². The number of hydrogen-bond acceptors (Lipinski definition) is 3. The number of alkyl halides is 5. The van der Waals surface area contributed by atoms with Gasteiger partial charge in [-0.15, -0.1) is 0 Å². The zero-order valence-corrected chi connectivity index (χ0v) is 16.9. The van der Waals surface area contributed by atoms with Gasteiger partial charge in [-0.05, 0) is 54.5 Å². The monoisotopic (exact) mass is 456 g/mol. The minimum absolute atomic E-state index is 0.0561. The molecule has 0 fully saturated rings. The van der Waals surface area contributed by atoms with Gasteiger partial charge in [0.25, 0.3) is 0 Å². The topological polar surface area (TPSA) is 51.1 Å². The smallest absolute Gasteiger partial charge is 0.416 e. The van der Waals surface area contributed by atoms with Crippen LogP contribution in [0.3, 0.4) is 0 Å². The van der Waals surface area contributed by atoms with E-state index in [9.17, 15) is 22.0 Å². The molecule has 3 aromatic rings. The Morgan fingerprint density at radius 3 is 2.65 bits per heavy atom. The second kappa shape index (κ2) is 9.29. The van der Waals surface area contributed by atoms with Crippen LogP contribution in [0.25, 0.3) is 0 Å². The lowest BCUT2D eigenvalue weighted by Gasteiger charge is -2.14. The van der Waals surface area contributed by atoms with Crippen LogP contribution in [0.4, 0.5) is 33.3 Å². The fourth-order valence-corrected chi connectivity index (χ4v) is 2.99. The van der Waals surface area contributed by atoms with Crippen molar-refractivity contribution in [2.75, 3.05) is 10.6 Å². The number of thiocarbonyl (C=S) groups is 1. The molecular weight excluding hydrogens is 439 g/mol. The first kappa shape index (κ1) is 22.5. The van der Waals surface area contributed by atoms with Crippen LogP contribution in [-0.2, 0) is 12.7 Å². The molecule has 3 rings (SSSR count). The van der Waals surface area contributed by atoms with Crippen LogP contribution in [0.1, 0.15) is 16.7 Å². The number of anilines is 2. The van der Waals surface area contributed by atoms with Crippen LogP contribution >= 0.6 is 12.2 Å². The molecule has 0 saturated carbocycles. The SMILES string of the molecule is Cc1ccc(NC(=S)Nc2cnn(Cc3cccc(C(F)(F)F)c3)c2)c(OC(F)F)c1. The summed E-state index contributed by atoms with van der Waals surface area (Å²) in [5.41, 5.74) is 1.14. The van der Waals surface area contributed by atoms with E-state index in [1.54, 1.807) is 31.3 Å². The summed E-state index contributed by atoms with van der Waals surface area (Å²) in [6.07, 6.45) is -1.43. The molecule has 164 valence electrons. The third-order valence-corrected chi connectivity index (χ3v) is 4.30. The highest BCUT2D eigenvalue weighted by atomic mass is 32.1. The third kappa shape index (κ3) is 6.38. The average molecular weight is 456 g/mol. The van der Waals surface area contributed by atoms with Crippen molar-refractivity contribution in [3.8, 4) is 5.75 Å². The lowest BCUT2D eigenvalue weighted by atomic mass is 10.1.